The van der Waals surface area contributed by atoms with Crippen LogP contribution >= 0.6 is 27.5 Å². The first kappa shape index (κ1) is 30.5. The number of ether oxygens (including phenoxy) is 1. The molecule has 0 aromatic heterocycles. The maximum atomic E-state index is 12.5. The standard InChI is InChI=1S/C28H35BrClN3O4/c1-2-3-4-5-6-7-8-9-10-15-26(34)31-20-27(35)33-32-19-21-18-22(29)16-17-25(21)37-28(36)23-13-11-12-14-24(23)30/h11-14,16-19H,2-10,15,20H2,1H3,(H,31,34)(H,33,35). The van der Waals surface area contributed by atoms with Gasteiger partial charge in [0.15, 0.2) is 0 Å². The number of hydrogen-bond donors (Lipinski definition) is 2. The average Bonchev–Trinajstić information content (AvgIpc) is 2.88. The van der Waals surface area contributed by atoms with Gasteiger partial charge in [0, 0.05) is 16.5 Å². The number of esters is 1. The molecule has 0 unspecified atom stereocenters. The lowest BCUT2D eigenvalue weighted by Gasteiger charge is -2.09. The molecule has 0 aliphatic rings. The third-order valence-corrected chi connectivity index (χ3v) is 6.44. The maximum Gasteiger partial charge on any atom is 0.345 e. The van der Waals surface area contributed by atoms with E-state index < -0.39 is 11.9 Å². The first-order valence-corrected chi connectivity index (χ1v) is 13.9. The molecule has 0 bridgehead atoms. The molecular weight excluding hydrogens is 558 g/mol. The second-order valence-electron chi connectivity index (χ2n) is 8.70. The minimum Gasteiger partial charge on any atom is -0.422 e. The Morgan fingerprint density at radius 3 is 2.32 bits per heavy atom. The van der Waals surface area contributed by atoms with Gasteiger partial charge in [0.2, 0.25) is 5.91 Å². The van der Waals surface area contributed by atoms with Crippen molar-refractivity contribution >= 4 is 51.5 Å². The van der Waals surface area contributed by atoms with E-state index >= 15 is 0 Å². The third-order valence-electron chi connectivity index (χ3n) is 5.61. The van der Waals surface area contributed by atoms with Crippen LogP contribution in [0.25, 0.3) is 0 Å². The number of hydrazone groups is 1. The van der Waals surface area contributed by atoms with Crippen LogP contribution in [0.15, 0.2) is 52.0 Å². The molecule has 0 spiro atoms. The van der Waals surface area contributed by atoms with Crippen LogP contribution in [-0.4, -0.2) is 30.5 Å². The number of unbranched alkanes of at least 4 members (excludes halogenated alkanes) is 8. The Morgan fingerprint density at radius 2 is 1.62 bits per heavy atom. The van der Waals surface area contributed by atoms with Crippen molar-refractivity contribution in [3.8, 4) is 5.75 Å². The third kappa shape index (κ3) is 12.4. The van der Waals surface area contributed by atoms with Gasteiger partial charge in [-0.25, -0.2) is 10.2 Å². The van der Waals surface area contributed by atoms with Gasteiger partial charge in [-0.3, -0.25) is 9.59 Å². The van der Waals surface area contributed by atoms with E-state index in [1.807, 2.05) is 0 Å². The van der Waals surface area contributed by atoms with Crippen molar-refractivity contribution < 1.29 is 19.1 Å². The van der Waals surface area contributed by atoms with Crippen LogP contribution in [0.1, 0.15) is 87.1 Å². The van der Waals surface area contributed by atoms with Crippen molar-refractivity contribution in [2.75, 3.05) is 6.54 Å². The highest BCUT2D eigenvalue weighted by Gasteiger charge is 2.14. The van der Waals surface area contributed by atoms with Crippen molar-refractivity contribution in [1.29, 1.82) is 0 Å². The van der Waals surface area contributed by atoms with Crippen LogP contribution in [-0.2, 0) is 9.59 Å². The lowest BCUT2D eigenvalue weighted by Crippen LogP contribution is -2.34. The molecule has 0 aliphatic heterocycles. The Hall–Kier alpha value is -2.71. The van der Waals surface area contributed by atoms with Crippen LogP contribution in [0, 0.1) is 0 Å². The zero-order chi connectivity index (χ0) is 26.9. The number of carbonyl (C=O) groups excluding carboxylic acids is 3. The van der Waals surface area contributed by atoms with Gasteiger partial charge in [0.25, 0.3) is 5.91 Å². The van der Waals surface area contributed by atoms with Crippen molar-refractivity contribution in [2.45, 2.75) is 71.1 Å². The molecule has 2 rings (SSSR count). The number of carbonyl (C=O) groups is 3. The summed E-state index contributed by atoms with van der Waals surface area (Å²) in [5, 5.41) is 6.82. The normalized spacial score (nSPS) is 10.9. The van der Waals surface area contributed by atoms with E-state index in [-0.39, 0.29) is 28.8 Å². The zero-order valence-electron chi connectivity index (χ0n) is 21.2. The van der Waals surface area contributed by atoms with E-state index in [9.17, 15) is 14.4 Å². The summed E-state index contributed by atoms with van der Waals surface area (Å²) >= 11 is 9.45. The Kier molecular flexibility index (Phi) is 14.6. The molecule has 2 N–H and O–H groups in total. The molecule has 2 aromatic rings. The number of benzene rings is 2. The Morgan fingerprint density at radius 1 is 0.946 bits per heavy atom. The topological polar surface area (TPSA) is 96.9 Å². The first-order valence-electron chi connectivity index (χ1n) is 12.8. The predicted octanol–water partition coefficient (Wildman–Crippen LogP) is 6.81. The van der Waals surface area contributed by atoms with Crippen LogP contribution < -0.4 is 15.5 Å². The molecular formula is C28H35BrClN3O4. The Balaban J connectivity index is 1.72. The molecule has 2 amide bonds. The average molecular weight is 593 g/mol. The number of rotatable bonds is 16. The lowest BCUT2D eigenvalue weighted by atomic mass is 10.1. The quantitative estimate of drug-likeness (QED) is 0.0736. The van der Waals surface area contributed by atoms with Crippen LogP contribution in [0.5, 0.6) is 5.75 Å². The fraction of sp³-hybridized carbons (Fsp3) is 0.429. The molecule has 0 atom stereocenters. The summed E-state index contributed by atoms with van der Waals surface area (Å²) in [4.78, 5) is 36.6. The SMILES string of the molecule is CCCCCCCCCCCC(=O)NCC(=O)NN=Cc1cc(Br)ccc1OC(=O)c1ccccc1Cl. The number of nitrogens with one attached hydrogen (secondary N) is 2. The molecule has 37 heavy (non-hydrogen) atoms. The maximum absolute atomic E-state index is 12.5. The van der Waals surface area contributed by atoms with Gasteiger partial charge >= 0.3 is 5.97 Å². The van der Waals surface area contributed by atoms with E-state index in [1.54, 1.807) is 42.5 Å². The van der Waals surface area contributed by atoms with Crippen molar-refractivity contribution in [1.82, 2.24) is 10.7 Å². The summed E-state index contributed by atoms with van der Waals surface area (Å²) < 4.78 is 6.22. The summed E-state index contributed by atoms with van der Waals surface area (Å²) in [6.45, 7) is 2.05. The highest BCUT2D eigenvalue weighted by Crippen LogP contribution is 2.24. The van der Waals surface area contributed by atoms with Gasteiger partial charge in [-0.15, -0.1) is 0 Å². The van der Waals surface area contributed by atoms with Crippen molar-refractivity contribution in [2.24, 2.45) is 5.10 Å². The molecule has 200 valence electrons. The van der Waals surface area contributed by atoms with E-state index in [1.165, 1.54) is 44.7 Å². The van der Waals surface area contributed by atoms with Gasteiger partial charge in [0.05, 0.1) is 23.3 Å². The predicted molar refractivity (Wildman–Crippen MR) is 151 cm³/mol. The van der Waals surface area contributed by atoms with E-state index in [2.05, 4.69) is 38.7 Å². The second-order valence-corrected chi connectivity index (χ2v) is 10.0. The molecule has 0 aliphatic carbocycles. The van der Waals surface area contributed by atoms with Gasteiger partial charge < -0.3 is 10.1 Å². The van der Waals surface area contributed by atoms with Crippen molar-refractivity contribution in [3.05, 3.63) is 63.1 Å². The Bertz CT molecular complexity index is 1060. The van der Waals surface area contributed by atoms with E-state index in [0.717, 1.165) is 23.7 Å². The van der Waals surface area contributed by atoms with Crippen LogP contribution in [0.3, 0.4) is 0 Å². The van der Waals surface area contributed by atoms with Gasteiger partial charge in [-0.05, 0) is 36.8 Å². The molecule has 0 heterocycles. The fourth-order valence-corrected chi connectivity index (χ4v) is 4.16. The van der Waals surface area contributed by atoms with Crippen LogP contribution in [0.2, 0.25) is 5.02 Å². The molecule has 0 saturated carbocycles. The van der Waals surface area contributed by atoms with Gasteiger partial charge in [0.1, 0.15) is 5.75 Å². The van der Waals surface area contributed by atoms with Gasteiger partial charge in [-0.2, -0.15) is 5.10 Å². The van der Waals surface area contributed by atoms with Crippen LogP contribution in [0.4, 0.5) is 0 Å². The monoisotopic (exact) mass is 591 g/mol. The summed E-state index contributed by atoms with van der Waals surface area (Å²) in [5.74, 6) is -0.967. The molecule has 7 nitrogen and oxygen atoms in total. The molecule has 9 heteroatoms. The fourth-order valence-electron chi connectivity index (χ4n) is 3.57. The lowest BCUT2D eigenvalue weighted by molar-refractivity contribution is -0.126. The second kappa shape index (κ2) is 17.7. The van der Waals surface area contributed by atoms with Crippen molar-refractivity contribution in [3.63, 3.8) is 0 Å². The summed E-state index contributed by atoms with van der Waals surface area (Å²) in [5.41, 5.74) is 3.07. The molecule has 0 fully saturated rings. The largest absolute Gasteiger partial charge is 0.422 e. The summed E-state index contributed by atoms with van der Waals surface area (Å²) in [7, 11) is 0. The van der Waals surface area contributed by atoms with E-state index in [4.69, 9.17) is 16.3 Å². The smallest absolute Gasteiger partial charge is 0.345 e. The highest BCUT2D eigenvalue weighted by molar-refractivity contribution is 9.10. The zero-order valence-corrected chi connectivity index (χ0v) is 23.6. The summed E-state index contributed by atoms with van der Waals surface area (Å²) in [6.07, 6.45) is 12.4. The molecule has 0 radical (unpaired) electrons. The number of halogens is 2. The van der Waals surface area contributed by atoms with Gasteiger partial charge in [-0.1, -0.05) is 98.0 Å². The first-order chi connectivity index (χ1) is 17.9. The summed E-state index contributed by atoms with van der Waals surface area (Å²) in [6, 6.07) is 11.6. The minimum absolute atomic E-state index is 0.150. The highest BCUT2D eigenvalue weighted by atomic mass is 79.9. The Labute approximate surface area is 232 Å². The minimum atomic E-state index is -0.610. The number of nitrogens with zero attached hydrogens (tertiary/aromatic N) is 1. The number of hydrogen-bond acceptors (Lipinski definition) is 5. The molecule has 0 saturated heterocycles. The van der Waals surface area contributed by atoms with E-state index in [0.29, 0.717) is 12.0 Å². The number of amides is 2. The molecule has 2 aromatic carbocycles.